The van der Waals surface area contributed by atoms with Crippen LogP contribution in [-0.2, 0) is 0 Å². The molecule has 6 nitrogen and oxygen atoms in total. The maximum absolute atomic E-state index is 13.5. The van der Waals surface area contributed by atoms with Crippen LogP contribution in [0.4, 0.5) is 24.9 Å². The van der Waals surface area contributed by atoms with Crippen LogP contribution in [0.15, 0.2) is 28.7 Å². The van der Waals surface area contributed by atoms with Crippen molar-refractivity contribution in [3.63, 3.8) is 0 Å². The summed E-state index contributed by atoms with van der Waals surface area (Å²) in [5.41, 5.74) is 2.82. The Morgan fingerprint density at radius 2 is 2.13 bits per heavy atom. The number of aliphatic hydroxyl groups is 1. The molecule has 1 unspecified atom stereocenters. The SMILES string of the molecule is Cc1cc(N2N=C(c3cccs3)CC2(O)C(F)(F)F)nc(N)n1. The maximum Gasteiger partial charge on any atom is 0.438 e. The van der Waals surface area contributed by atoms with Crippen LogP contribution in [0.25, 0.3) is 0 Å². The van der Waals surface area contributed by atoms with Gasteiger partial charge in [0.25, 0.3) is 5.72 Å². The number of anilines is 2. The quantitative estimate of drug-likeness (QED) is 0.874. The second-order valence-electron chi connectivity index (χ2n) is 5.05. The van der Waals surface area contributed by atoms with Crippen molar-refractivity contribution in [1.29, 1.82) is 0 Å². The number of halogens is 3. The molecular weight excluding hydrogens is 331 g/mol. The lowest BCUT2D eigenvalue weighted by molar-refractivity contribution is -0.254. The number of aryl methyl sites for hydroxylation is 1. The summed E-state index contributed by atoms with van der Waals surface area (Å²) in [6.45, 7) is 1.56. The molecular formula is C13H12F3N5OS. The first kappa shape index (κ1) is 15.7. The number of hydrogen-bond acceptors (Lipinski definition) is 7. The topological polar surface area (TPSA) is 87.6 Å². The summed E-state index contributed by atoms with van der Waals surface area (Å²) in [4.78, 5) is 8.13. The highest BCUT2D eigenvalue weighted by molar-refractivity contribution is 7.12. The van der Waals surface area contributed by atoms with E-state index < -0.39 is 18.3 Å². The first-order valence-electron chi connectivity index (χ1n) is 6.52. The first-order valence-corrected chi connectivity index (χ1v) is 7.40. The maximum atomic E-state index is 13.5. The molecule has 122 valence electrons. The monoisotopic (exact) mass is 343 g/mol. The molecule has 0 radical (unpaired) electrons. The highest BCUT2D eigenvalue weighted by atomic mass is 32.1. The van der Waals surface area contributed by atoms with Gasteiger partial charge in [0.15, 0.2) is 5.82 Å². The molecule has 0 saturated carbocycles. The molecule has 1 aliphatic heterocycles. The van der Waals surface area contributed by atoms with Crippen LogP contribution in [0.3, 0.4) is 0 Å². The van der Waals surface area contributed by atoms with Gasteiger partial charge in [0.2, 0.25) is 5.95 Å². The molecule has 0 amide bonds. The van der Waals surface area contributed by atoms with Gasteiger partial charge in [0.05, 0.1) is 17.0 Å². The molecule has 3 heterocycles. The zero-order valence-electron chi connectivity index (χ0n) is 11.9. The van der Waals surface area contributed by atoms with E-state index in [1.165, 1.54) is 17.4 Å². The number of rotatable bonds is 2. The second-order valence-corrected chi connectivity index (χ2v) is 6.00. The van der Waals surface area contributed by atoms with E-state index in [1.807, 2.05) is 0 Å². The number of thiophene rings is 1. The molecule has 3 N–H and O–H groups in total. The Balaban J connectivity index is 2.12. The van der Waals surface area contributed by atoms with E-state index in [2.05, 4.69) is 15.1 Å². The van der Waals surface area contributed by atoms with Gasteiger partial charge in [-0.1, -0.05) is 6.07 Å². The van der Waals surface area contributed by atoms with Gasteiger partial charge < -0.3 is 10.8 Å². The van der Waals surface area contributed by atoms with Crippen molar-refractivity contribution in [2.75, 3.05) is 10.7 Å². The van der Waals surface area contributed by atoms with Gasteiger partial charge in [-0.15, -0.1) is 11.3 Å². The third-order valence-electron chi connectivity index (χ3n) is 3.32. The molecule has 1 aliphatic rings. The Kier molecular flexibility index (Phi) is 3.52. The average molecular weight is 343 g/mol. The average Bonchev–Trinajstić information content (AvgIpc) is 3.04. The zero-order chi connectivity index (χ0) is 16.8. The zero-order valence-corrected chi connectivity index (χ0v) is 12.7. The van der Waals surface area contributed by atoms with Crippen LogP contribution in [0.2, 0.25) is 0 Å². The van der Waals surface area contributed by atoms with Crippen molar-refractivity contribution in [1.82, 2.24) is 9.97 Å². The summed E-state index contributed by atoms with van der Waals surface area (Å²) < 4.78 is 40.4. The number of nitrogens with two attached hydrogens (primary N) is 1. The number of hydrazone groups is 1. The van der Waals surface area contributed by atoms with Crippen molar-refractivity contribution in [2.45, 2.75) is 25.2 Å². The van der Waals surface area contributed by atoms with E-state index in [1.54, 1.807) is 24.4 Å². The lowest BCUT2D eigenvalue weighted by Crippen LogP contribution is -2.55. The van der Waals surface area contributed by atoms with Crippen molar-refractivity contribution in [3.8, 4) is 0 Å². The number of aromatic nitrogens is 2. The number of nitrogen functional groups attached to an aromatic ring is 1. The first-order chi connectivity index (χ1) is 10.7. The molecule has 0 aliphatic carbocycles. The Hall–Kier alpha value is -2.20. The molecule has 23 heavy (non-hydrogen) atoms. The van der Waals surface area contributed by atoms with Crippen LogP contribution < -0.4 is 10.7 Å². The highest BCUT2D eigenvalue weighted by Gasteiger charge is 2.62. The predicted molar refractivity (Wildman–Crippen MR) is 80.1 cm³/mol. The fourth-order valence-corrected chi connectivity index (χ4v) is 2.98. The van der Waals surface area contributed by atoms with E-state index in [4.69, 9.17) is 5.73 Å². The Bertz CT molecular complexity index is 741. The molecule has 10 heteroatoms. The van der Waals surface area contributed by atoms with Crippen molar-refractivity contribution >= 4 is 28.8 Å². The number of nitrogens with zero attached hydrogens (tertiary/aromatic N) is 4. The van der Waals surface area contributed by atoms with E-state index in [0.29, 0.717) is 15.6 Å². The highest BCUT2D eigenvalue weighted by Crippen LogP contribution is 2.43. The smallest absolute Gasteiger partial charge is 0.368 e. The summed E-state index contributed by atoms with van der Waals surface area (Å²) in [5.74, 6) is -0.398. The van der Waals surface area contributed by atoms with Gasteiger partial charge >= 0.3 is 6.18 Å². The summed E-state index contributed by atoms with van der Waals surface area (Å²) in [6, 6.07) is 4.63. The van der Waals surface area contributed by atoms with E-state index in [0.717, 1.165) is 0 Å². The molecule has 0 spiro atoms. The Morgan fingerprint density at radius 3 is 2.70 bits per heavy atom. The minimum atomic E-state index is -4.93. The van der Waals surface area contributed by atoms with Crippen LogP contribution in [0.1, 0.15) is 17.0 Å². The van der Waals surface area contributed by atoms with Gasteiger partial charge in [-0.05, 0) is 18.4 Å². The van der Waals surface area contributed by atoms with Crippen LogP contribution in [0.5, 0.6) is 0 Å². The molecule has 2 aromatic heterocycles. The lowest BCUT2D eigenvalue weighted by atomic mass is 10.1. The van der Waals surface area contributed by atoms with Gasteiger partial charge in [-0.3, -0.25) is 0 Å². The van der Waals surface area contributed by atoms with Crippen molar-refractivity contribution in [2.24, 2.45) is 5.10 Å². The number of alkyl halides is 3. The molecule has 0 aromatic carbocycles. The van der Waals surface area contributed by atoms with E-state index in [9.17, 15) is 18.3 Å². The third-order valence-corrected chi connectivity index (χ3v) is 4.24. The van der Waals surface area contributed by atoms with E-state index >= 15 is 0 Å². The fraction of sp³-hybridized carbons (Fsp3) is 0.308. The second kappa shape index (κ2) is 5.17. The standard InChI is InChI=1S/C13H12F3N5OS/c1-7-5-10(19-11(17)18-7)21-12(22,13(14,15)16)6-8(20-21)9-3-2-4-23-9/h2-5,22H,6H2,1H3,(H2,17,18,19). The largest absolute Gasteiger partial charge is 0.438 e. The summed E-state index contributed by atoms with van der Waals surface area (Å²) in [5, 5.41) is 16.4. The normalized spacial score (nSPS) is 21.6. The predicted octanol–water partition coefficient (Wildman–Crippen LogP) is 2.29. The molecule has 1 atom stereocenters. The lowest BCUT2D eigenvalue weighted by Gasteiger charge is -2.33. The summed E-state index contributed by atoms with van der Waals surface area (Å²) in [6.07, 6.45) is -5.62. The van der Waals surface area contributed by atoms with Crippen molar-refractivity contribution < 1.29 is 18.3 Å². The Labute approximate surface area is 133 Å². The van der Waals surface area contributed by atoms with Crippen LogP contribution in [-0.4, -0.2) is 32.7 Å². The summed E-state index contributed by atoms with van der Waals surface area (Å²) >= 11 is 1.24. The van der Waals surface area contributed by atoms with E-state index in [-0.39, 0.29) is 17.5 Å². The van der Waals surface area contributed by atoms with Gasteiger partial charge in [0.1, 0.15) is 0 Å². The minimum absolute atomic E-state index is 0.134. The van der Waals surface area contributed by atoms with Gasteiger partial charge in [-0.25, -0.2) is 9.99 Å². The van der Waals surface area contributed by atoms with Gasteiger partial charge in [0, 0.05) is 11.8 Å². The third kappa shape index (κ3) is 2.63. The van der Waals surface area contributed by atoms with Crippen LogP contribution in [0, 0.1) is 6.92 Å². The molecule has 0 bridgehead atoms. The Morgan fingerprint density at radius 1 is 1.39 bits per heavy atom. The van der Waals surface area contributed by atoms with Gasteiger partial charge in [-0.2, -0.15) is 23.3 Å². The number of hydrogen-bond donors (Lipinski definition) is 2. The fourth-order valence-electron chi connectivity index (χ4n) is 2.27. The molecule has 0 saturated heterocycles. The van der Waals surface area contributed by atoms with Crippen molar-refractivity contribution in [3.05, 3.63) is 34.2 Å². The summed E-state index contributed by atoms with van der Waals surface area (Å²) in [7, 11) is 0. The molecule has 3 rings (SSSR count). The molecule has 0 fully saturated rings. The minimum Gasteiger partial charge on any atom is -0.368 e. The van der Waals surface area contributed by atoms with Crippen LogP contribution >= 0.6 is 11.3 Å². The molecule has 2 aromatic rings.